The van der Waals surface area contributed by atoms with E-state index in [4.69, 9.17) is 11.6 Å². The largest absolute Gasteiger partial charge is 0.351 e. The van der Waals surface area contributed by atoms with Crippen molar-refractivity contribution in [3.8, 4) is 0 Å². The molecule has 5 heteroatoms. The van der Waals surface area contributed by atoms with Crippen molar-refractivity contribution in [1.29, 1.82) is 0 Å². The Morgan fingerprint density at radius 3 is 2.78 bits per heavy atom. The lowest BCUT2D eigenvalue weighted by Crippen LogP contribution is -2.34. The minimum Gasteiger partial charge on any atom is -0.351 e. The van der Waals surface area contributed by atoms with Gasteiger partial charge in [0.15, 0.2) is 0 Å². The first-order valence-electron chi connectivity index (χ1n) is 5.65. The van der Waals surface area contributed by atoms with Gasteiger partial charge in [-0.25, -0.2) is 4.39 Å². The fourth-order valence-electron chi connectivity index (χ4n) is 1.43. The van der Waals surface area contributed by atoms with E-state index >= 15 is 0 Å². The Hall–Kier alpha value is -0.610. The second-order valence-corrected chi connectivity index (χ2v) is 6.20. The summed E-state index contributed by atoms with van der Waals surface area (Å²) in [5.74, 6) is -0.393. The minimum atomic E-state index is -0.522. The van der Waals surface area contributed by atoms with E-state index < -0.39 is 11.7 Å². The third-order valence-electron chi connectivity index (χ3n) is 2.67. The molecule has 100 valence electrons. The highest BCUT2D eigenvalue weighted by atomic mass is 79.9. The van der Waals surface area contributed by atoms with E-state index in [1.807, 2.05) is 13.8 Å². The Kier molecular flexibility index (Phi) is 5.60. The van der Waals surface area contributed by atoms with Gasteiger partial charge < -0.3 is 5.32 Å². The molecule has 0 fully saturated rings. The predicted octanol–water partition coefficient (Wildman–Crippen LogP) is 3.97. The fourth-order valence-corrected chi connectivity index (χ4v) is 2.30. The van der Waals surface area contributed by atoms with Gasteiger partial charge in [-0.05, 0) is 30.0 Å². The summed E-state index contributed by atoms with van der Waals surface area (Å²) in [6, 6.07) is 4.30. The summed E-state index contributed by atoms with van der Waals surface area (Å²) in [4.78, 5) is 11.9. The molecule has 0 aromatic heterocycles. The van der Waals surface area contributed by atoms with Crippen LogP contribution in [0, 0.1) is 11.2 Å². The molecule has 0 heterocycles. The van der Waals surface area contributed by atoms with Gasteiger partial charge in [0.1, 0.15) is 5.82 Å². The zero-order valence-electron chi connectivity index (χ0n) is 10.4. The molecule has 0 radical (unpaired) electrons. The summed E-state index contributed by atoms with van der Waals surface area (Å²) >= 11 is 8.90. The molecule has 18 heavy (non-hydrogen) atoms. The third-order valence-corrected chi connectivity index (χ3v) is 3.35. The number of nitrogens with one attached hydrogen (secondary N) is 1. The Morgan fingerprint density at radius 2 is 2.17 bits per heavy atom. The Bertz CT molecular complexity index is 437. The average molecular weight is 337 g/mol. The van der Waals surface area contributed by atoms with Crippen molar-refractivity contribution in [2.24, 2.45) is 5.41 Å². The third kappa shape index (κ3) is 4.58. The summed E-state index contributed by atoms with van der Waals surface area (Å²) in [5, 5.41) is 2.73. The molecule has 0 bridgehead atoms. The number of hydrogen-bond acceptors (Lipinski definition) is 1. The molecule has 2 nitrogen and oxygen atoms in total. The zero-order chi connectivity index (χ0) is 13.8. The van der Waals surface area contributed by atoms with Gasteiger partial charge >= 0.3 is 0 Å². The highest BCUT2D eigenvalue weighted by Crippen LogP contribution is 2.20. The Balaban J connectivity index is 2.69. The smallest absolute Gasteiger partial charge is 0.254 e. The topological polar surface area (TPSA) is 29.1 Å². The van der Waals surface area contributed by atoms with Crippen LogP contribution in [0.15, 0.2) is 22.7 Å². The molecule has 1 N–H and O–H groups in total. The summed E-state index contributed by atoms with van der Waals surface area (Å²) in [7, 11) is 0. The zero-order valence-corrected chi connectivity index (χ0v) is 12.7. The van der Waals surface area contributed by atoms with Crippen molar-refractivity contribution >= 4 is 33.4 Å². The van der Waals surface area contributed by atoms with Gasteiger partial charge in [-0.1, -0.05) is 29.8 Å². The van der Waals surface area contributed by atoms with Crippen LogP contribution >= 0.6 is 27.5 Å². The van der Waals surface area contributed by atoms with Crippen molar-refractivity contribution in [3.63, 3.8) is 0 Å². The molecule has 0 unspecified atom stereocenters. The molecule has 0 saturated heterocycles. The van der Waals surface area contributed by atoms with E-state index in [0.29, 0.717) is 16.9 Å². The van der Waals surface area contributed by atoms with Crippen LogP contribution in [0.2, 0.25) is 0 Å². The lowest BCUT2D eigenvalue weighted by Gasteiger charge is -2.23. The standard InChI is InChI=1S/C13H16BrClFNO/c1-13(2,5-6-15)8-17-12(18)10-7-9(14)3-4-11(10)16/h3-4,7H,5-6,8H2,1-2H3,(H,17,18). The van der Waals surface area contributed by atoms with Crippen LogP contribution in [0.5, 0.6) is 0 Å². The Morgan fingerprint density at radius 1 is 1.50 bits per heavy atom. The maximum absolute atomic E-state index is 13.5. The van der Waals surface area contributed by atoms with Gasteiger partial charge in [-0.2, -0.15) is 0 Å². The van der Waals surface area contributed by atoms with Crippen LogP contribution in [-0.4, -0.2) is 18.3 Å². The van der Waals surface area contributed by atoms with Crippen molar-refractivity contribution in [1.82, 2.24) is 5.32 Å². The number of hydrogen-bond donors (Lipinski definition) is 1. The van der Waals surface area contributed by atoms with Gasteiger partial charge in [0, 0.05) is 16.9 Å². The molecule has 1 aromatic rings. The van der Waals surface area contributed by atoms with E-state index in [9.17, 15) is 9.18 Å². The first-order chi connectivity index (χ1) is 8.35. The van der Waals surface area contributed by atoms with E-state index in [1.165, 1.54) is 12.1 Å². The molecule has 0 saturated carbocycles. The maximum Gasteiger partial charge on any atom is 0.254 e. The van der Waals surface area contributed by atoms with Gasteiger partial charge in [-0.3, -0.25) is 4.79 Å². The summed E-state index contributed by atoms with van der Waals surface area (Å²) in [6.45, 7) is 4.48. The van der Waals surface area contributed by atoms with Crippen molar-refractivity contribution < 1.29 is 9.18 Å². The number of alkyl halides is 1. The minimum absolute atomic E-state index is 0.0473. The van der Waals surface area contributed by atoms with Gasteiger partial charge in [0.25, 0.3) is 5.91 Å². The van der Waals surface area contributed by atoms with Crippen LogP contribution in [-0.2, 0) is 0 Å². The lowest BCUT2D eigenvalue weighted by molar-refractivity contribution is 0.0931. The van der Waals surface area contributed by atoms with E-state index in [1.54, 1.807) is 6.07 Å². The first kappa shape index (κ1) is 15.4. The normalized spacial score (nSPS) is 11.4. The van der Waals surface area contributed by atoms with Crippen molar-refractivity contribution in [2.45, 2.75) is 20.3 Å². The van der Waals surface area contributed by atoms with Crippen LogP contribution in [0.25, 0.3) is 0 Å². The van der Waals surface area contributed by atoms with E-state index in [2.05, 4.69) is 21.2 Å². The van der Waals surface area contributed by atoms with E-state index in [0.717, 1.165) is 6.42 Å². The molecule has 0 aliphatic carbocycles. The summed E-state index contributed by atoms with van der Waals surface area (Å²) < 4.78 is 14.2. The van der Waals surface area contributed by atoms with Crippen LogP contribution < -0.4 is 5.32 Å². The molecule has 0 aliphatic rings. The summed E-state index contributed by atoms with van der Waals surface area (Å²) in [5.41, 5.74) is -0.0501. The number of amides is 1. The van der Waals surface area contributed by atoms with Crippen LogP contribution in [0.4, 0.5) is 4.39 Å². The number of carbonyl (C=O) groups is 1. The summed E-state index contributed by atoms with van der Waals surface area (Å²) in [6.07, 6.45) is 0.788. The molecular formula is C13H16BrClFNO. The molecule has 0 atom stereocenters. The number of rotatable bonds is 5. The number of halogens is 3. The first-order valence-corrected chi connectivity index (χ1v) is 6.98. The molecule has 1 aromatic carbocycles. The second kappa shape index (κ2) is 6.53. The van der Waals surface area contributed by atoms with Crippen LogP contribution in [0.1, 0.15) is 30.6 Å². The Labute approximate surface area is 120 Å². The molecule has 1 amide bonds. The van der Waals surface area contributed by atoms with Gasteiger partial charge in [-0.15, -0.1) is 11.6 Å². The number of carbonyl (C=O) groups excluding carboxylic acids is 1. The second-order valence-electron chi connectivity index (χ2n) is 4.91. The average Bonchev–Trinajstić information content (AvgIpc) is 2.29. The van der Waals surface area contributed by atoms with Crippen molar-refractivity contribution in [3.05, 3.63) is 34.1 Å². The van der Waals surface area contributed by atoms with E-state index in [-0.39, 0.29) is 11.0 Å². The lowest BCUT2D eigenvalue weighted by atomic mass is 9.90. The number of benzene rings is 1. The SMILES string of the molecule is CC(C)(CCCl)CNC(=O)c1cc(Br)ccc1F. The highest BCUT2D eigenvalue weighted by Gasteiger charge is 2.19. The van der Waals surface area contributed by atoms with Gasteiger partial charge in [0.2, 0.25) is 0 Å². The monoisotopic (exact) mass is 335 g/mol. The fraction of sp³-hybridized carbons (Fsp3) is 0.462. The molecule has 0 aliphatic heterocycles. The van der Waals surface area contributed by atoms with Crippen LogP contribution in [0.3, 0.4) is 0 Å². The maximum atomic E-state index is 13.5. The van der Waals surface area contributed by atoms with Gasteiger partial charge in [0.05, 0.1) is 5.56 Å². The highest BCUT2D eigenvalue weighted by molar-refractivity contribution is 9.10. The quantitative estimate of drug-likeness (QED) is 0.810. The van der Waals surface area contributed by atoms with Crippen molar-refractivity contribution in [2.75, 3.05) is 12.4 Å². The molecule has 1 rings (SSSR count). The predicted molar refractivity (Wildman–Crippen MR) is 75.6 cm³/mol. The molecular weight excluding hydrogens is 321 g/mol. The molecule has 0 spiro atoms.